The van der Waals surface area contributed by atoms with E-state index >= 15 is 0 Å². The summed E-state index contributed by atoms with van der Waals surface area (Å²) in [6.45, 7) is 4.28. The van der Waals surface area contributed by atoms with Gasteiger partial charge in [-0.25, -0.2) is 17.2 Å². The summed E-state index contributed by atoms with van der Waals surface area (Å²) in [6, 6.07) is 1.41. The van der Waals surface area contributed by atoms with Gasteiger partial charge in [-0.2, -0.15) is 4.31 Å². The van der Waals surface area contributed by atoms with E-state index in [4.69, 9.17) is 4.74 Å². The third-order valence-corrected chi connectivity index (χ3v) is 4.61. The van der Waals surface area contributed by atoms with Crippen LogP contribution in [0.4, 0.5) is 8.78 Å². The molecule has 0 saturated heterocycles. The molecule has 0 heterocycles. The number of hydrogen-bond donors (Lipinski definition) is 0. The quantitative estimate of drug-likeness (QED) is 0.751. The highest BCUT2D eigenvalue weighted by molar-refractivity contribution is 7.89. The van der Waals surface area contributed by atoms with Crippen LogP contribution in [0.2, 0.25) is 0 Å². The van der Waals surface area contributed by atoms with Gasteiger partial charge in [0.05, 0.1) is 11.5 Å². The predicted octanol–water partition coefficient (Wildman–Crippen LogP) is 1.93. The Kier molecular flexibility index (Phi) is 5.79. The van der Waals surface area contributed by atoms with Crippen LogP contribution in [0.15, 0.2) is 23.1 Å². The molecule has 5 nitrogen and oxygen atoms in total. The minimum atomic E-state index is -4.21. The molecule has 0 aliphatic carbocycles. The summed E-state index contributed by atoms with van der Waals surface area (Å²) >= 11 is 0. The molecule has 0 amide bonds. The van der Waals surface area contributed by atoms with Gasteiger partial charge in [0.2, 0.25) is 10.0 Å². The van der Waals surface area contributed by atoms with E-state index in [9.17, 15) is 22.0 Å². The summed E-state index contributed by atoms with van der Waals surface area (Å²) < 4.78 is 56.7. The van der Waals surface area contributed by atoms with Crippen LogP contribution in [0.5, 0.6) is 0 Å². The van der Waals surface area contributed by atoms with E-state index in [2.05, 4.69) is 0 Å². The van der Waals surface area contributed by atoms with Crippen molar-refractivity contribution in [3.05, 3.63) is 29.8 Å². The predicted molar refractivity (Wildman–Crippen MR) is 72.0 cm³/mol. The van der Waals surface area contributed by atoms with Gasteiger partial charge in [-0.1, -0.05) is 0 Å². The number of ether oxygens (including phenoxy) is 1. The Labute approximate surface area is 122 Å². The summed E-state index contributed by atoms with van der Waals surface area (Å²) in [5, 5.41) is 0. The average molecular weight is 321 g/mol. The second-order valence-corrected chi connectivity index (χ2v) is 6.44. The molecule has 0 aliphatic heterocycles. The van der Waals surface area contributed by atoms with Crippen molar-refractivity contribution in [1.29, 1.82) is 0 Å². The monoisotopic (exact) mass is 321 g/mol. The number of carbonyl (C=O) groups excluding carboxylic acids is 1. The van der Waals surface area contributed by atoms with E-state index in [1.165, 1.54) is 0 Å². The number of rotatable bonds is 6. The number of hydrogen-bond acceptors (Lipinski definition) is 4. The Morgan fingerprint density at radius 3 is 2.19 bits per heavy atom. The van der Waals surface area contributed by atoms with Crippen molar-refractivity contribution in [3.63, 3.8) is 0 Å². The lowest BCUT2D eigenvalue weighted by Gasteiger charge is -2.24. The summed E-state index contributed by atoms with van der Waals surface area (Å²) in [5.41, 5.74) is 0. The van der Waals surface area contributed by atoms with Crippen LogP contribution >= 0.6 is 0 Å². The van der Waals surface area contributed by atoms with E-state index in [-0.39, 0.29) is 6.61 Å². The number of benzene rings is 1. The summed E-state index contributed by atoms with van der Waals surface area (Å²) in [4.78, 5) is 10.9. The molecule has 0 fully saturated rings. The number of carbonyl (C=O) groups is 1. The van der Waals surface area contributed by atoms with Crippen LogP contribution in [0.25, 0.3) is 0 Å². The first-order valence-corrected chi connectivity index (χ1v) is 7.76. The fourth-order valence-corrected chi connectivity index (χ4v) is 3.32. The molecule has 0 unspecified atom stereocenters. The second kappa shape index (κ2) is 6.95. The number of halogens is 2. The molecule has 1 aromatic carbocycles. The fourth-order valence-electron chi connectivity index (χ4n) is 1.69. The zero-order valence-corrected chi connectivity index (χ0v) is 12.8. The first-order valence-electron chi connectivity index (χ1n) is 6.32. The molecule has 8 heteroatoms. The molecule has 0 radical (unpaired) electrons. The Hall–Kier alpha value is -1.54. The Bertz CT molecular complexity index is 596. The van der Waals surface area contributed by atoms with E-state index in [1.54, 1.807) is 20.8 Å². The topological polar surface area (TPSA) is 63.7 Å². The van der Waals surface area contributed by atoms with Crippen molar-refractivity contribution in [1.82, 2.24) is 4.31 Å². The summed E-state index contributed by atoms with van der Waals surface area (Å²) in [7, 11) is -4.21. The van der Waals surface area contributed by atoms with Crippen LogP contribution in [0.3, 0.4) is 0 Å². The van der Waals surface area contributed by atoms with Crippen molar-refractivity contribution in [2.75, 3.05) is 13.2 Å². The van der Waals surface area contributed by atoms with Crippen LogP contribution in [0, 0.1) is 11.6 Å². The van der Waals surface area contributed by atoms with Gasteiger partial charge in [0.15, 0.2) is 0 Å². The molecule has 21 heavy (non-hydrogen) atoms. The molecule has 0 saturated carbocycles. The molecular formula is C13H17F2NO4S. The van der Waals surface area contributed by atoms with Gasteiger partial charge in [0, 0.05) is 12.1 Å². The Morgan fingerprint density at radius 1 is 1.24 bits per heavy atom. The largest absolute Gasteiger partial charge is 0.465 e. The van der Waals surface area contributed by atoms with Crippen LogP contribution in [-0.4, -0.2) is 37.9 Å². The van der Waals surface area contributed by atoms with E-state index in [1.807, 2.05) is 0 Å². The summed E-state index contributed by atoms with van der Waals surface area (Å²) in [6.07, 6.45) is 0. The zero-order chi connectivity index (χ0) is 16.2. The molecule has 0 spiro atoms. The molecule has 0 atom stereocenters. The Morgan fingerprint density at radius 2 is 1.76 bits per heavy atom. The molecule has 118 valence electrons. The highest BCUT2D eigenvalue weighted by Gasteiger charge is 2.30. The number of sulfonamides is 1. The molecule has 0 N–H and O–H groups in total. The fraction of sp³-hybridized carbons (Fsp3) is 0.462. The van der Waals surface area contributed by atoms with Crippen molar-refractivity contribution in [2.24, 2.45) is 0 Å². The van der Waals surface area contributed by atoms with Gasteiger partial charge in [-0.15, -0.1) is 0 Å². The van der Waals surface area contributed by atoms with Gasteiger partial charge in [-0.05, 0) is 32.9 Å². The normalized spacial score (nSPS) is 12.0. The lowest BCUT2D eigenvalue weighted by molar-refractivity contribution is -0.143. The lowest BCUT2D eigenvalue weighted by atomic mass is 10.3. The van der Waals surface area contributed by atoms with Gasteiger partial charge < -0.3 is 4.74 Å². The van der Waals surface area contributed by atoms with Crippen molar-refractivity contribution >= 4 is 16.0 Å². The summed E-state index contributed by atoms with van der Waals surface area (Å²) in [5.74, 6) is -2.74. The first kappa shape index (κ1) is 17.5. The first-order chi connectivity index (χ1) is 9.68. The van der Waals surface area contributed by atoms with Gasteiger partial charge in [-0.3, -0.25) is 4.79 Å². The molecule has 0 aliphatic rings. The highest BCUT2D eigenvalue weighted by Crippen LogP contribution is 2.20. The van der Waals surface area contributed by atoms with Crippen molar-refractivity contribution in [3.8, 4) is 0 Å². The van der Waals surface area contributed by atoms with Gasteiger partial charge in [0.25, 0.3) is 0 Å². The number of esters is 1. The SMILES string of the molecule is CCOC(=O)CN(C(C)C)S(=O)(=O)c1cc(F)cc(F)c1. The average Bonchev–Trinajstić information content (AvgIpc) is 2.34. The van der Waals surface area contributed by atoms with Gasteiger partial charge in [0.1, 0.15) is 18.2 Å². The minimum Gasteiger partial charge on any atom is -0.465 e. The van der Waals surface area contributed by atoms with Crippen LogP contribution in [-0.2, 0) is 19.6 Å². The zero-order valence-electron chi connectivity index (χ0n) is 12.0. The Balaban J connectivity index is 3.19. The molecule has 0 aromatic heterocycles. The maximum Gasteiger partial charge on any atom is 0.321 e. The third kappa shape index (κ3) is 4.47. The lowest BCUT2D eigenvalue weighted by Crippen LogP contribution is -2.41. The maximum absolute atomic E-state index is 13.2. The molecule has 0 bridgehead atoms. The van der Waals surface area contributed by atoms with E-state index in [0.717, 1.165) is 4.31 Å². The highest BCUT2D eigenvalue weighted by atomic mass is 32.2. The molecular weight excluding hydrogens is 304 g/mol. The maximum atomic E-state index is 13.2. The van der Waals surface area contributed by atoms with Crippen LogP contribution in [0.1, 0.15) is 20.8 Å². The van der Waals surface area contributed by atoms with Crippen molar-refractivity contribution < 1.29 is 26.7 Å². The van der Waals surface area contributed by atoms with E-state index < -0.39 is 45.1 Å². The third-order valence-electron chi connectivity index (χ3n) is 2.61. The second-order valence-electron chi connectivity index (χ2n) is 4.55. The molecule has 1 aromatic rings. The standard InChI is InChI=1S/C13H17F2NO4S/c1-4-20-13(17)8-16(9(2)3)21(18,19)12-6-10(14)5-11(15)7-12/h5-7,9H,4,8H2,1-3H3. The van der Waals surface area contributed by atoms with E-state index in [0.29, 0.717) is 18.2 Å². The van der Waals surface area contributed by atoms with Crippen LogP contribution < -0.4 is 0 Å². The molecule has 1 rings (SSSR count). The van der Waals surface area contributed by atoms with Crippen molar-refractivity contribution in [2.45, 2.75) is 31.7 Å². The van der Waals surface area contributed by atoms with Gasteiger partial charge >= 0.3 is 5.97 Å². The number of nitrogens with zero attached hydrogens (tertiary/aromatic N) is 1. The smallest absolute Gasteiger partial charge is 0.321 e. The minimum absolute atomic E-state index is 0.111.